The van der Waals surface area contributed by atoms with Gasteiger partial charge in [-0.05, 0) is 42.0 Å². The molecule has 0 bridgehead atoms. The van der Waals surface area contributed by atoms with Gasteiger partial charge in [-0.2, -0.15) is 0 Å². The molecule has 6 heteroatoms. The zero-order valence-electron chi connectivity index (χ0n) is 9.61. The van der Waals surface area contributed by atoms with Crippen LogP contribution in [0, 0.1) is 5.82 Å². The molecule has 0 heterocycles. The van der Waals surface area contributed by atoms with Crippen molar-refractivity contribution in [3.05, 3.63) is 63.3 Å². The first-order chi connectivity index (χ1) is 8.88. The predicted molar refractivity (Wildman–Crippen MR) is 76.4 cm³/mol. The van der Waals surface area contributed by atoms with Crippen LogP contribution >= 0.6 is 27.5 Å². The van der Waals surface area contributed by atoms with Crippen molar-refractivity contribution in [1.29, 1.82) is 0 Å². The Morgan fingerprint density at radius 3 is 2.32 bits per heavy atom. The van der Waals surface area contributed by atoms with Gasteiger partial charge in [-0.3, -0.25) is 0 Å². The average molecular weight is 364 g/mol. The van der Waals surface area contributed by atoms with Gasteiger partial charge in [0.25, 0.3) is 0 Å². The quantitative estimate of drug-likeness (QED) is 0.818. The molecule has 19 heavy (non-hydrogen) atoms. The van der Waals surface area contributed by atoms with Crippen molar-refractivity contribution >= 4 is 37.4 Å². The van der Waals surface area contributed by atoms with E-state index < -0.39 is 15.7 Å². The van der Waals surface area contributed by atoms with Gasteiger partial charge in [-0.1, -0.05) is 33.6 Å². The largest absolute Gasteiger partial charge is 0.223 e. The van der Waals surface area contributed by atoms with E-state index in [4.69, 9.17) is 11.6 Å². The summed E-state index contributed by atoms with van der Waals surface area (Å²) < 4.78 is 38.1. The highest BCUT2D eigenvalue weighted by Crippen LogP contribution is 2.24. The highest BCUT2D eigenvalue weighted by atomic mass is 79.9. The van der Waals surface area contributed by atoms with Crippen molar-refractivity contribution in [2.75, 3.05) is 0 Å². The standard InChI is InChI=1S/C13H9BrClFO2S/c14-10-2-5-12(6-3-10)19(17,18)8-9-1-4-11(16)7-13(9)15/h1-7H,8H2. The van der Waals surface area contributed by atoms with Crippen LogP contribution in [0.1, 0.15) is 5.56 Å². The Morgan fingerprint density at radius 1 is 1.11 bits per heavy atom. The Morgan fingerprint density at radius 2 is 1.74 bits per heavy atom. The van der Waals surface area contributed by atoms with Crippen LogP contribution in [-0.2, 0) is 15.6 Å². The first kappa shape index (κ1) is 14.5. The molecule has 2 nitrogen and oxygen atoms in total. The SMILES string of the molecule is O=S(=O)(Cc1ccc(F)cc1Cl)c1ccc(Br)cc1. The Labute approximate surface area is 124 Å². The second-order valence-electron chi connectivity index (χ2n) is 3.95. The highest BCUT2D eigenvalue weighted by Gasteiger charge is 2.17. The molecule has 0 aliphatic rings. The van der Waals surface area contributed by atoms with E-state index in [0.29, 0.717) is 5.56 Å². The first-order valence-corrected chi connectivity index (χ1v) is 8.13. The minimum absolute atomic E-state index is 0.112. The van der Waals surface area contributed by atoms with Gasteiger partial charge in [0.2, 0.25) is 0 Å². The molecule has 100 valence electrons. The van der Waals surface area contributed by atoms with E-state index in [2.05, 4.69) is 15.9 Å². The lowest BCUT2D eigenvalue weighted by Gasteiger charge is -2.06. The Bertz CT molecular complexity index is 699. The van der Waals surface area contributed by atoms with Crippen LogP contribution in [0.3, 0.4) is 0 Å². The van der Waals surface area contributed by atoms with Gasteiger partial charge in [-0.15, -0.1) is 0 Å². The van der Waals surface area contributed by atoms with Crippen molar-refractivity contribution in [3.63, 3.8) is 0 Å². The van der Waals surface area contributed by atoms with Crippen LogP contribution in [0.15, 0.2) is 51.8 Å². The molecule has 0 saturated heterocycles. The zero-order chi connectivity index (χ0) is 14.0. The molecule has 2 aromatic carbocycles. The van der Waals surface area contributed by atoms with Gasteiger partial charge in [0.1, 0.15) is 5.82 Å². The third-order valence-corrected chi connectivity index (χ3v) is 5.10. The third kappa shape index (κ3) is 3.55. The molecule has 0 unspecified atom stereocenters. The summed E-state index contributed by atoms with van der Waals surface area (Å²) in [5.74, 6) is -0.747. The fourth-order valence-electron chi connectivity index (χ4n) is 1.57. The van der Waals surface area contributed by atoms with Crippen molar-refractivity contribution in [3.8, 4) is 0 Å². The summed E-state index contributed by atoms with van der Waals surface area (Å²) in [6.45, 7) is 0. The molecule has 0 spiro atoms. The topological polar surface area (TPSA) is 34.1 Å². The molecular weight excluding hydrogens is 355 g/mol. The zero-order valence-corrected chi connectivity index (χ0v) is 12.8. The number of rotatable bonds is 3. The predicted octanol–water partition coefficient (Wildman–Crippen LogP) is 4.22. The summed E-state index contributed by atoms with van der Waals surface area (Å²) in [5.41, 5.74) is 0.381. The van der Waals surface area contributed by atoms with Crippen molar-refractivity contribution in [2.45, 2.75) is 10.6 Å². The number of benzene rings is 2. The van der Waals surface area contributed by atoms with Gasteiger partial charge < -0.3 is 0 Å². The third-order valence-electron chi connectivity index (χ3n) is 2.53. The maximum Gasteiger partial charge on any atom is 0.182 e. The summed E-state index contributed by atoms with van der Waals surface area (Å²) in [7, 11) is -3.49. The van der Waals surface area contributed by atoms with E-state index in [1.165, 1.54) is 24.3 Å². The Balaban J connectivity index is 2.33. The highest BCUT2D eigenvalue weighted by molar-refractivity contribution is 9.10. The molecule has 2 rings (SSSR count). The van der Waals surface area contributed by atoms with E-state index in [-0.39, 0.29) is 15.7 Å². The monoisotopic (exact) mass is 362 g/mol. The molecule has 0 amide bonds. The molecule has 0 N–H and O–H groups in total. The van der Waals surface area contributed by atoms with E-state index in [0.717, 1.165) is 10.5 Å². The summed E-state index contributed by atoms with van der Waals surface area (Å²) in [5, 5.41) is 0.112. The van der Waals surface area contributed by atoms with Crippen LogP contribution in [0.2, 0.25) is 5.02 Å². The van der Waals surface area contributed by atoms with Crippen LogP contribution in [-0.4, -0.2) is 8.42 Å². The number of halogens is 3. The van der Waals surface area contributed by atoms with E-state index in [1.54, 1.807) is 12.1 Å². The fourth-order valence-corrected chi connectivity index (χ4v) is 3.52. The Kier molecular flexibility index (Phi) is 4.28. The normalized spacial score (nSPS) is 11.5. The van der Waals surface area contributed by atoms with E-state index >= 15 is 0 Å². The van der Waals surface area contributed by atoms with Crippen molar-refractivity contribution in [1.82, 2.24) is 0 Å². The van der Waals surface area contributed by atoms with E-state index in [9.17, 15) is 12.8 Å². The first-order valence-electron chi connectivity index (χ1n) is 5.31. The van der Waals surface area contributed by atoms with Crippen molar-refractivity contribution < 1.29 is 12.8 Å². The molecule has 2 aromatic rings. The lowest BCUT2D eigenvalue weighted by molar-refractivity contribution is 0.595. The summed E-state index contributed by atoms with van der Waals surface area (Å²) in [4.78, 5) is 0.205. The minimum Gasteiger partial charge on any atom is -0.223 e. The molecule has 0 radical (unpaired) electrons. The molecule has 0 aromatic heterocycles. The Hall–Kier alpha value is -0.910. The second kappa shape index (κ2) is 5.61. The lowest BCUT2D eigenvalue weighted by Crippen LogP contribution is -2.05. The molecule has 0 saturated carbocycles. The van der Waals surface area contributed by atoms with Crippen LogP contribution < -0.4 is 0 Å². The smallest absolute Gasteiger partial charge is 0.182 e. The molecule has 0 aliphatic heterocycles. The number of sulfone groups is 1. The van der Waals surface area contributed by atoms with Crippen molar-refractivity contribution in [2.24, 2.45) is 0 Å². The van der Waals surface area contributed by atoms with Gasteiger partial charge >= 0.3 is 0 Å². The summed E-state index contributed by atoms with van der Waals surface area (Å²) >= 11 is 9.08. The number of hydrogen-bond donors (Lipinski definition) is 0. The van der Waals surface area contributed by atoms with Gasteiger partial charge in [-0.25, -0.2) is 12.8 Å². The lowest BCUT2D eigenvalue weighted by atomic mass is 10.2. The van der Waals surface area contributed by atoms with Gasteiger partial charge in [0.05, 0.1) is 10.6 Å². The summed E-state index contributed by atoms with van der Waals surface area (Å²) in [6.07, 6.45) is 0. The molecular formula is C13H9BrClFO2S. The van der Waals surface area contributed by atoms with Crippen LogP contribution in [0.25, 0.3) is 0 Å². The van der Waals surface area contributed by atoms with Crippen LogP contribution in [0.5, 0.6) is 0 Å². The molecule has 0 fully saturated rings. The summed E-state index contributed by atoms with van der Waals surface area (Å²) in [6, 6.07) is 10.0. The molecule has 0 aliphatic carbocycles. The fraction of sp³-hybridized carbons (Fsp3) is 0.0769. The number of hydrogen-bond acceptors (Lipinski definition) is 2. The maximum absolute atomic E-state index is 12.9. The van der Waals surface area contributed by atoms with Gasteiger partial charge in [0, 0.05) is 9.50 Å². The van der Waals surface area contributed by atoms with E-state index in [1.807, 2.05) is 0 Å². The maximum atomic E-state index is 12.9. The van der Waals surface area contributed by atoms with Gasteiger partial charge in [0.15, 0.2) is 9.84 Å². The second-order valence-corrected chi connectivity index (χ2v) is 7.26. The average Bonchev–Trinajstić information content (AvgIpc) is 2.33. The van der Waals surface area contributed by atoms with Crippen LogP contribution in [0.4, 0.5) is 4.39 Å². The molecule has 0 atom stereocenters. The minimum atomic E-state index is -3.49.